The molecule has 2 rings (SSSR count). The molecule has 1 aromatic heterocycles. The summed E-state index contributed by atoms with van der Waals surface area (Å²) >= 11 is 3.25. The minimum Gasteiger partial charge on any atom is -0.496 e. The molecule has 1 aromatic carbocycles. The van der Waals surface area contributed by atoms with Gasteiger partial charge < -0.3 is 10.1 Å². The van der Waals surface area contributed by atoms with Crippen LogP contribution in [0.2, 0.25) is 0 Å². The van der Waals surface area contributed by atoms with Crippen LogP contribution in [0.15, 0.2) is 47.2 Å². The second-order valence-corrected chi connectivity index (χ2v) is 5.04. The standard InChI is InChI=1S/C15H15BrN2O2/c1-20-13-5-3-2-4-11(13)6-9-15(19)18-12-7-8-14(16)17-10-12/h2-5,7-8,10H,6,9H2,1H3,(H,18,19). The number of nitrogens with one attached hydrogen (secondary N) is 1. The van der Waals surface area contributed by atoms with Crippen molar-refractivity contribution in [2.75, 3.05) is 12.4 Å². The monoisotopic (exact) mass is 334 g/mol. The second-order valence-electron chi connectivity index (χ2n) is 4.23. The highest BCUT2D eigenvalue weighted by molar-refractivity contribution is 9.10. The van der Waals surface area contributed by atoms with Crippen molar-refractivity contribution in [3.05, 3.63) is 52.8 Å². The predicted molar refractivity (Wildman–Crippen MR) is 81.9 cm³/mol. The van der Waals surface area contributed by atoms with Crippen molar-refractivity contribution in [2.24, 2.45) is 0 Å². The number of aromatic nitrogens is 1. The van der Waals surface area contributed by atoms with Crippen LogP contribution in [-0.4, -0.2) is 18.0 Å². The molecule has 0 fully saturated rings. The summed E-state index contributed by atoms with van der Waals surface area (Å²) < 4.78 is 6.00. The first-order valence-corrected chi connectivity index (χ1v) is 7.01. The average Bonchev–Trinajstić information content (AvgIpc) is 2.48. The van der Waals surface area contributed by atoms with Crippen molar-refractivity contribution >= 4 is 27.5 Å². The fourth-order valence-electron chi connectivity index (χ4n) is 1.83. The first-order valence-electron chi connectivity index (χ1n) is 6.22. The van der Waals surface area contributed by atoms with Crippen molar-refractivity contribution in [3.63, 3.8) is 0 Å². The molecular formula is C15H15BrN2O2. The third kappa shape index (κ3) is 4.06. The van der Waals surface area contributed by atoms with E-state index in [1.807, 2.05) is 24.3 Å². The van der Waals surface area contributed by atoms with E-state index >= 15 is 0 Å². The zero-order valence-electron chi connectivity index (χ0n) is 11.1. The lowest BCUT2D eigenvalue weighted by atomic mass is 10.1. The minimum absolute atomic E-state index is 0.0416. The molecule has 1 amide bonds. The summed E-state index contributed by atoms with van der Waals surface area (Å²) in [5, 5.41) is 2.81. The quantitative estimate of drug-likeness (QED) is 0.852. The minimum atomic E-state index is -0.0416. The summed E-state index contributed by atoms with van der Waals surface area (Å²) in [5.41, 5.74) is 1.72. The Hall–Kier alpha value is -1.88. The number of amides is 1. The topological polar surface area (TPSA) is 51.2 Å². The van der Waals surface area contributed by atoms with Gasteiger partial charge in [0.2, 0.25) is 5.91 Å². The molecular weight excluding hydrogens is 320 g/mol. The average molecular weight is 335 g/mol. The number of hydrogen-bond donors (Lipinski definition) is 1. The Labute approximate surface area is 126 Å². The second kappa shape index (κ2) is 7.05. The molecule has 4 nitrogen and oxygen atoms in total. The molecule has 1 heterocycles. The van der Waals surface area contributed by atoms with Gasteiger partial charge in [0.1, 0.15) is 10.4 Å². The maximum absolute atomic E-state index is 11.9. The lowest BCUT2D eigenvalue weighted by Gasteiger charge is -2.08. The molecule has 0 spiro atoms. The van der Waals surface area contributed by atoms with Crippen molar-refractivity contribution in [3.8, 4) is 5.75 Å². The third-order valence-electron chi connectivity index (χ3n) is 2.83. The maximum atomic E-state index is 11.9. The molecule has 5 heteroatoms. The number of rotatable bonds is 5. The van der Waals surface area contributed by atoms with Gasteiger partial charge in [0.15, 0.2) is 0 Å². The summed E-state index contributed by atoms with van der Waals surface area (Å²) in [6.07, 6.45) is 2.65. The summed E-state index contributed by atoms with van der Waals surface area (Å²) in [6.45, 7) is 0. The predicted octanol–water partition coefficient (Wildman–Crippen LogP) is 3.42. The fourth-order valence-corrected chi connectivity index (χ4v) is 2.07. The van der Waals surface area contributed by atoms with Crippen LogP contribution >= 0.6 is 15.9 Å². The zero-order chi connectivity index (χ0) is 14.4. The smallest absolute Gasteiger partial charge is 0.224 e. The van der Waals surface area contributed by atoms with Crippen LogP contribution < -0.4 is 10.1 Å². The van der Waals surface area contributed by atoms with Gasteiger partial charge in [0.05, 0.1) is 19.0 Å². The van der Waals surface area contributed by atoms with Gasteiger partial charge in [-0.15, -0.1) is 0 Å². The Bertz CT molecular complexity index is 585. The molecule has 0 aliphatic heterocycles. The molecule has 1 N–H and O–H groups in total. The maximum Gasteiger partial charge on any atom is 0.224 e. The molecule has 0 saturated heterocycles. The van der Waals surface area contributed by atoms with E-state index in [0.29, 0.717) is 18.5 Å². The van der Waals surface area contributed by atoms with Gasteiger partial charge >= 0.3 is 0 Å². The highest BCUT2D eigenvalue weighted by Gasteiger charge is 2.06. The number of para-hydroxylation sites is 1. The summed E-state index contributed by atoms with van der Waals surface area (Å²) in [5.74, 6) is 0.769. The SMILES string of the molecule is COc1ccccc1CCC(=O)Nc1ccc(Br)nc1. The number of aryl methyl sites for hydroxylation is 1. The van der Waals surface area contributed by atoms with Gasteiger partial charge in [0, 0.05) is 6.42 Å². The van der Waals surface area contributed by atoms with Gasteiger partial charge in [-0.3, -0.25) is 4.79 Å². The Morgan fingerprint density at radius 3 is 2.80 bits per heavy atom. The Morgan fingerprint density at radius 1 is 1.30 bits per heavy atom. The van der Waals surface area contributed by atoms with Crippen LogP contribution in [0.3, 0.4) is 0 Å². The van der Waals surface area contributed by atoms with E-state index in [0.717, 1.165) is 15.9 Å². The number of pyridine rings is 1. The highest BCUT2D eigenvalue weighted by atomic mass is 79.9. The Morgan fingerprint density at radius 2 is 2.10 bits per heavy atom. The van der Waals surface area contributed by atoms with Crippen molar-refractivity contribution < 1.29 is 9.53 Å². The van der Waals surface area contributed by atoms with E-state index in [1.165, 1.54) is 0 Å². The van der Waals surface area contributed by atoms with Crippen molar-refractivity contribution in [1.29, 1.82) is 0 Å². The molecule has 0 aliphatic carbocycles. The Balaban J connectivity index is 1.90. The summed E-state index contributed by atoms with van der Waals surface area (Å²) in [6, 6.07) is 11.3. The number of anilines is 1. The number of hydrogen-bond acceptors (Lipinski definition) is 3. The van der Waals surface area contributed by atoms with E-state index in [9.17, 15) is 4.79 Å². The number of carbonyl (C=O) groups is 1. The third-order valence-corrected chi connectivity index (χ3v) is 3.29. The van der Waals surface area contributed by atoms with E-state index in [-0.39, 0.29) is 5.91 Å². The first-order chi connectivity index (χ1) is 9.69. The Kier molecular flexibility index (Phi) is 5.12. The number of ether oxygens (including phenoxy) is 1. The molecule has 2 aromatic rings. The van der Waals surface area contributed by atoms with Gasteiger partial charge in [0.25, 0.3) is 0 Å². The number of methoxy groups -OCH3 is 1. The lowest BCUT2D eigenvalue weighted by Crippen LogP contribution is -2.12. The van der Waals surface area contributed by atoms with E-state index < -0.39 is 0 Å². The van der Waals surface area contributed by atoms with Crippen LogP contribution in [0.5, 0.6) is 5.75 Å². The van der Waals surface area contributed by atoms with Gasteiger partial charge in [-0.05, 0) is 46.1 Å². The molecule has 104 valence electrons. The fraction of sp³-hybridized carbons (Fsp3) is 0.200. The molecule has 0 aliphatic rings. The largest absolute Gasteiger partial charge is 0.496 e. The highest BCUT2D eigenvalue weighted by Crippen LogP contribution is 2.19. The van der Waals surface area contributed by atoms with Crippen LogP contribution in [0.4, 0.5) is 5.69 Å². The molecule has 0 bridgehead atoms. The van der Waals surface area contributed by atoms with Gasteiger partial charge in [-0.2, -0.15) is 0 Å². The van der Waals surface area contributed by atoms with Crippen molar-refractivity contribution in [2.45, 2.75) is 12.8 Å². The molecule has 20 heavy (non-hydrogen) atoms. The van der Waals surface area contributed by atoms with Crippen LogP contribution in [0.25, 0.3) is 0 Å². The van der Waals surface area contributed by atoms with Crippen LogP contribution in [0.1, 0.15) is 12.0 Å². The molecule has 0 atom stereocenters. The van der Waals surface area contributed by atoms with E-state index in [1.54, 1.807) is 25.4 Å². The first kappa shape index (κ1) is 14.5. The van der Waals surface area contributed by atoms with Gasteiger partial charge in [-0.1, -0.05) is 18.2 Å². The summed E-state index contributed by atoms with van der Waals surface area (Å²) in [4.78, 5) is 15.9. The number of nitrogens with zero attached hydrogens (tertiary/aromatic N) is 1. The normalized spacial score (nSPS) is 10.1. The number of halogens is 1. The van der Waals surface area contributed by atoms with E-state index in [2.05, 4.69) is 26.2 Å². The number of carbonyl (C=O) groups excluding carboxylic acids is 1. The lowest BCUT2D eigenvalue weighted by molar-refractivity contribution is -0.116. The van der Waals surface area contributed by atoms with Crippen LogP contribution in [0, 0.1) is 0 Å². The summed E-state index contributed by atoms with van der Waals surface area (Å²) in [7, 11) is 1.63. The molecule has 0 unspecified atom stereocenters. The molecule has 0 radical (unpaired) electrons. The molecule has 0 saturated carbocycles. The van der Waals surface area contributed by atoms with Crippen molar-refractivity contribution in [1.82, 2.24) is 4.98 Å². The zero-order valence-corrected chi connectivity index (χ0v) is 12.7. The van der Waals surface area contributed by atoms with Crippen LogP contribution in [-0.2, 0) is 11.2 Å². The number of benzene rings is 1. The van der Waals surface area contributed by atoms with Gasteiger partial charge in [-0.25, -0.2) is 4.98 Å². The van der Waals surface area contributed by atoms with E-state index in [4.69, 9.17) is 4.74 Å².